The average Bonchev–Trinajstić information content (AvgIpc) is 3.04. The van der Waals surface area contributed by atoms with Gasteiger partial charge in [-0.25, -0.2) is 0 Å². The van der Waals surface area contributed by atoms with Crippen LogP contribution in [0.15, 0.2) is 29.1 Å². The van der Waals surface area contributed by atoms with Gasteiger partial charge in [0.15, 0.2) is 0 Å². The van der Waals surface area contributed by atoms with E-state index < -0.39 is 0 Å². The van der Waals surface area contributed by atoms with E-state index in [2.05, 4.69) is 37.1 Å². The molecule has 6 heteroatoms. The molecule has 0 saturated carbocycles. The predicted octanol–water partition coefficient (Wildman–Crippen LogP) is 3.35. The number of esters is 1. The average molecular weight is 409 g/mol. The van der Waals surface area contributed by atoms with Crippen molar-refractivity contribution in [1.82, 2.24) is 4.57 Å². The highest BCUT2D eigenvalue weighted by Gasteiger charge is 2.31. The van der Waals surface area contributed by atoms with Gasteiger partial charge in [0.25, 0.3) is 5.56 Å². The summed E-state index contributed by atoms with van der Waals surface area (Å²) in [4.78, 5) is 27.2. The van der Waals surface area contributed by atoms with Crippen LogP contribution >= 0.6 is 12.4 Å². The fourth-order valence-corrected chi connectivity index (χ4v) is 5.16. The standard InChI is InChI=1S/C23H20N2O3.ClH/c1-12-3-4-13-7-16-17(22-21(13)15(12)5-6-24(22)2)10-25-19(16)8-14-9-20(26)28-11-18(14)23(25)27;/h3-4,7-8H,5-6,9-11H2,1-2H3;1H. The zero-order valence-corrected chi connectivity index (χ0v) is 17.2. The first-order valence-corrected chi connectivity index (χ1v) is 9.73. The van der Waals surface area contributed by atoms with Crippen LogP contribution in [-0.4, -0.2) is 24.1 Å². The molecule has 0 aliphatic carbocycles. The molecule has 0 N–H and O–H groups in total. The minimum atomic E-state index is -0.261. The minimum Gasteiger partial charge on any atom is -0.460 e. The van der Waals surface area contributed by atoms with Crippen LogP contribution in [0.5, 0.6) is 0 Å². The van der Waals surface area contributed by atoms with E-state index in [0.717, 1.165) is 29.8 Å². The number of cyclic esters (lactones) is 1. The van der Waals surface area contributed by atoms with Crippen molar-refractivity contribution in [1.29, 1.82) is 0 Å². The van der Waals surface area contributed by atoms with Gasteiger partial charge in [-0.1, -0.05) is 12.1 Å². The van der Waals surface area contributed by atoms with Gasteiger partial charge in [0.05, 0.1) is 29.9 Å². The lowest BCUT2D eigenvalue weighted by atomic mass is 9.88. The third kappa shape index (κ3) is 2.34. The maximum atomic E-state index is 13.1. The molecule has 0 fully saturated rings. The Labute approximate surface area is 174 Å². The van der Waals surface area contributed by atoms with E-state index >= 15 is 0 Å². The molecule has 4 heterocycles. The summed E-state index contributed by atoms with van der Waals surface area (Å²) < 4.78 is 6.98. The van der Waals surface area contributed by atoms with Crippen LogP contribution < -0.4 is 10.5 Å². The van der Waals surface area contributed by atoms with Crippen molar-refractivity contribution in [3.8, 4) is 11.3 Å². The molecule has 2 aromatic carbocycles. The lowest BCUT2D eigenvalue weighted by Gasteiger charge is -2.31. The zero-order valence-electron chi connectivity index (χ0n) is 16.4. The number of ether oxygens (including phenoxy) is 1. The molecule has 0 radical (unpaired) electrons. The Morgan fingerprint density at radius 1 is 1.07 bits per heavy atom. The number of hydrogen-bond donors (Lipinski definition) is 0. The minimum absolute atomic E-state index is 0. The number of aromatic nitrogens is 1. The molecule has 0 bridgehead atoms. The van der Waals surface area contributed by atoms with Crippen molar-refractivity contribution in [3.63, 3.8) is 0 Å². The molecule has 29 heavy (non-hydrogen) atoms. The highest BCUT2D eigenvalue weighted by Crippen LogP contribution is 2.45. The molecule has 1 aromatic heterocycles. The smallest absolute Gasteiger partial charge is 0.310 e. The monoisotopic (exact) mass is 408 g/mol. The summed E-state index contributed by atoms with van der Waals surface area (Å²) in [6.45, 7) is 3.82. The molecule has 3 aliphatic rings. The lowest BCUT2D eigenvalue weighted by molar-refractivity contribution is -0.145. The maximum Gasteiger partial charge on any atom is 0.310 e. The van der Waals surface area contributed by atoms with Crippen LogP contribution in [0.4, 0.5) is 5.69 Å². The Hall–Kier alpha value is -2.79. The van der Waals surface area contributed by atoms with Crippen LogP contribution in [0.3, 0.4) is 0 Å². The Bertz CT molecular complexity index is 1290. The van der Waals surface area contributed by atoms with Crippen LogP contribution in [0.1, 0.15) is 27.8 Å². The summed E-state index contributed by atoms with van der Waals surface area (Å²) in [5.74, 6) is -0.261. The van der Waals surface area contributed by atoms with Crippen LogP contribution in [-0.2, 0) is 35.5 Å². The van der Waals surface area contributed by atoms with E-state index in [4.69, 9.17) is 4.74 Å². The van der Waals surface area contributed by atoms with Gasteiger partial charge in [-0.3, -0.25) is 9.59 Å². The van der Waals surface area contributed by atoms with E-state index in [1.165, 1.54) is 33.2 Å². The number of likely N-dealkylation sites (N-methyl/N-ethyl adjacent to an activating group) is 1. The number of carbonyl (C=O) groups is 1. The predicted molar refractivity (Wildman–Crippen MR) is 115 cm³/mol. The van der Waals surface area contributed by atoms with E-state index in [1.54, 1.807) is 0 Å². The van der Waals surface area contributed by atoms with Crippen LogP contribution in [0.25, 0.3) is 22.0 Å². The molecule has 0 saturated heterocycles. The van der Waals surface area contributed by atoms with E-state index in [1.807, 2.05) is 10.6 Å². The van der Waals surface area contributed by atoms with Crippen molar-refractivity contribution in [2.45, 2.75) is 32.9 Å². The van der Waals surface area contributed by atoms with Gasteiger partial charge in [0.2, 0.25) is 0 Å². The third-order valence-corrected chi connectivity index (χ3v) is 6.60. The zero-order chi connectivity index (χ0) is 19.2. The first kappa shape index (κ1) is 18.3. The largest absolute Gasteiger partial charge is 0.460 e. The number of aryl methyl sites for hydroxylation is 1. The second-order valence-corrected chi connectivity index (χ2v) is 8.14. The molecule has 3 aliphatic heterocycles. The number of hydrogen-bond acceptors (Lipinski definition) is 4. The first-order chi connectivity index (χ1) is 13.5. The number of halogens is 1. The van der Waals surface area contributed by atoms with Gasteiger partial charge in [-0.05, 0) is 47.6 Å². The van der Waals surface area contributed by atoms with E-state index in [-0.39, 0.29) is 37.0 Å². The molecule has 3 aromatic rings. The number of fused-ring (bicyclic) bond motifs is 5. The third-order valence-electron chi connectivity index (χ3n) is 6.60. The number of anilines is 1. The summed E-state index contributed by atoms with van der Waals surface area (Å²) >= 11 is 0. The molecule has 0 spiro atoms. The lowest BCUT2D eigenvalue weighted by Crippen LogP contribution is -2.30. The Morgan fingerprint density at radius 2 is 1.90 bits per heavy atom. The second-order valence-electron chi connectivity index (χ2n) is 8.14. The SMILES string of the molecule is Cc1ccc2cc3c(c4c2c1CCN4C)Cn1c-3cc2c(c1=O)COC(=O)C2.Cl. The molecule has 148 valence electrons. The summed E-state index contributed by atoms with van der Waals surface area (Å²) in [7, 11) is 2.14. The molecule has 6 rings (SSSR count). The fourth-order valence-electron chi connectivity index (χ4n) is 5.16. The first-order valence-electron chi connectivity index (χ1n) is 9.73. The van der Waals surface area contributed by atoms with Gasteiger partial charge in [-0.15, -0.1) is 12.4 Å². The highest BCUT2D eigenvalue weighted by molar-refractivity contribution is 6.04. The molecule has 0 amide bonds. The summed E-state index contributed by atoms with van der Waals surface area (Å²) in [5, 5.41) is 2.55. The number of pyridine rings is 1. The quantitative estimate of drug-likeness (QED) is 0.419. The number of benzene rings is 2. The second kappa shape index (κ2) is 6.10. The van der Waals surface area contributed by atoms with Gasteiger partial charge in [0.1, 0.15) is 6.61 Å². The van der Waals surface area contributed by atoms with Crippen LogP contribution in [0.2, 0.25) is 0 Å². The van der Waals surface area contributed by atoms with E-state index in [9.17, 15) is 9.59 Å². The molecule has 5 nitrogen and oxygen atoms in total. The van der Waals surface area contributed by atoms with Gasteiger partial charge < -0.3 is 14.2 Å². The van der Waals surface area contributed by atoms with Gasteiger partial charge >= 0.3 is 5.97 Å². The van der Waals surface area contributed by atoms with Crippen molar-refractivity contribution in [2.24, 2.45) is 0 Å². The topological polar surface area (TPSA) is 51.5 Å². The summed E-state index contributed by atoms with van der Waals surface area (Å²) in [6.07, 6.45) is 1.23. The molecular formula is C23H21ClN2O3. The molecular weight excluding hydrogens is 388 g/mol. The fraction of sp³-hybridized carbons (Fsp3) is 0.304. The van der Waals surface area contributed by atoms with Crippen molar-refractivity contribution in [3.05, 3.63) is 62.4 Å². The molecule has 0 atom stereocenters. The number of rotatable bonds is 0. The Kier molecular flexibility index (Phi) is 3.84. The van der Waals surface area contributed by atoms with Gasteiger partial charge in [0, 0.05) is 30.1 Å². The summed E-state index contributed by atoms with van der Waals surface area (Å²) in [5.41, 5.74) is 8.68. The Balaban J connectivity index is 0.00000181. The normalized spacial score (nSPS) is 16.1. The highest BCUT2D eigenvalue weighted by atomic mass is 35.5. The number of carbonyl (C=O) groups excluding carboxylic acids is 1. The number of nitrogens with zero attached hydrogens (tertiary/aromatic N) is 2. The van der Waals surface area contributed by atoms with Crippen molar-refractivity contribution in [2.75, 3.05) is 18.5 Å². The maximum absolute atomic E-state index is 13.1. The summed E-state index contributed by atoms with van der Waals surface area (Å²) in [6, 6.07) is 8.64. The Morgan fingerprint density at radius 3 is 2.72 bits per heavy atom. The molecule has 0 unspecified atom stereocenters. The van der Waals surface area contributed by atoms with Crippen LogP contribution in [0, 0.1) is 6.92 Å². The van der Waals surface area contributed by atoms with E-state index in [0.29, 0.717) is 12.1 Å². The van der Waals surface area contributed by atoms with Crippen molar-refractivity contribution >= 4 is 34.8 Å². The van der Waals surface area contributed by atoms with Crippen molar-refractivity contribution < 1.29 is 9.53 Å². The van der Waals surface area contributed by atoms with Gasteiger partial charge in [-0.2, -0.15) is 0 Å².